The van der Waals surface area contributed by atoms with E-state index < -0.39 is 5.60 Å². The largest absolute Gasteiger partial charge is 0.497 e. The van der Waals surface area contributed by atoms with E-state index >= 15 is 0 Å². The second-order valence-corrected chi connectivity index (χ2v) is 10.0. The molecule has 192 valence electrons. The molecule has 0 unspecified atom stereocenters. The van der Waals surface area contributed by atoms with Crippen LogP contribution in [0.4, 0.5) is 4.79 Å². The number of rotatable bonds is 6. The minimum atomic E-state index is -0.560. The Bertz CT molecular complexity index is 1350. The molecule has 1 amide bonds. The Labute approximate surface area is 215 Å². The average Bonchev–Trinajstić information content (AvgIpc) is 3.64. The number of aromatic nitrogens is 5. The van der Waals surface area contributed by atoms with Gasteiger partial charge >= 0.3 is 6.09 Å². The van der Waals surface area contributed by atoms with Crippen LogP contribution in [0.15, 0.2) is 59.3 Å². The van der Waals surface area contributed by atoms with Crippen molar-refractivity contribution in [2.45, 2.75) is 51.8 Å². The van der Waals surface area contributed by atoms with E-state index in [9.17, 15) is 4.79 Å². The summed E-state index contributed by atoms with van der Waals surface area (Å²) in [7, 11) is 1.64. The number of likely N-dealkylation sites (tertiary alicyclic amines) is 1. The molecule has 0 radical (unpaired) electrons. The maximum atomic E-state index is 12.6. The van der Waals surface area contributed by atoms with Crippen molar-refractivity contribution >= 4 is 6.09 Å². The number of carbonyl (C=O) groups is 1. The van der Waals surface area contributed by atoms with Crippen LogP contribution in [0.25, 0.3) is 22.6 Å². The van der Waals surface area contributed by atoms with Gasteiger partial charge in [-0.3, -0.25) is 4.90 Å². The number of hydrogen-bond acceptors (Lipinski definition) is 8. The minimum Gasteiger partial charge on any atom is -0.497 e. The highest BCUT2D eigenvalue weighted by atomic mass is 16.6. The minimum absolute atomic E-state index is 0.275. The van der Waals surface area contributed by atoms with E-state index in [0.717, 1.165) is 41.0 Å². The molecular weight excluding hydrogens is 472 g/mol. The molecule has 1 aliphatic rings. The van der Waals surface area contributed by atoms with Crippen molar-refractivity contribution in [2.24, 2.45) is 0 Å². The van der Waals surface area contributed by atoms with Gasteiger partial charge in [-0.25, -0.2) is 9.48 Å². The van der Waals surface area contributed by atoms with E-state index in [-0.39, 0.29) is 12.1 Å². The van der Waals surface area contributed by atoms with Crippen molar-refractivity contribution in [2.75, 3.05) is 13.7 Å². The molecule has 2 aromatic heterocycles. The molecule has 3 heterocycles. The molecular formula is C27H30N6O4. The lowest BCUT2D eigenvalue weighted by molar-refractivity contribution is 0.0199. The molecule has 1 fully saturated rings. The lowest BCUT2D eigenvalue weighted by atomic mass is 10.1. The summed E-state index contributed by atoms with van der Waals surface area (Å²) in [6.45, 7) is 6.75. The summed E-state index contributed by atoms with van der Waals surface area (Å²) in [5.74, 6) is 1.71. The smallest absolute Gasteiger partial charge is 0.410 e. The van der Waals surface area contributed by atoms with Crippen LogP contribution in [-0.4, -0.2) is 55.4 Å². The Hall–Kier alpha value is -4.21. The Morgan fingerprint density at radius 1 is 1.08 bits per heavy atom. The number of carbonyl (C=O) groups excluding carboxylic acids is 1. The third kappa shape index (κ3) is 5.63. The summed E-state index contributed by atoms with van der Waals surface area (Å²) in [6, 6.07) is 15.3. The molecule has 1 aliphatic heterocycles. The van der Waals surface area contributed by atoms with E-state index in [1.165, 1.54) is 0 Å². The first-order chi connectivity index (χ1) is 17.8. The quantitative estimate of drug-likeness (QED) is 0.357. The van der Waals surface area contributed by atoms with Crippen LogP contribution in [0.1, 0.15) is 51.1 Å². The predicted octanol–water partition coefficient (Wildman–Crippen LogP) is 5.12. The standard InChI is InChI=1S/C27H30N6O4/c1-27(2,3)36-26(34)33-15-5-6-23(33)25-28-24(30-37-25)20-9-7-18(8-10-20)16-32-17-22(29-31-32)19-11-13-21(35-4)14-12-19/h7-14,17,23H,5-6,15-16H2,1-4H3/t23-/m0/s1. The number of benzene rings is 2. The molecule has 0 bridgehead atoms. The third-order valence-corrected chi connectivity index (χ3v) is 6.09. The number of hydrogen-bond donors (Lipinski definition) is 0. The Kier molecular flexibility index (Phi) is 6.64. The first-order valence-electron chi connectivity index (χ1n) is 12.3. The topological polar surface area (TPSA) is 108 Å². The van der Waals surface area contributed by atoms with E-state index in [1.54, 1.807) is 16.7 Å². The monoisotopic (exact) mass is 502 g/mol. The van der Waals surface area contributed by atoms with Crippen molar-refractivity contribution in [3.63, 3.8) is 0 Å². The molecule has 1 saturated heterocycles. The summed E-state index contributed by atoms with van der Waals surface area (Å²) >= 11 is 0. The van der Waals surface area contributed by atoms with Crippen LogP contribution in [0.5, 0.6) is 5.75 Å². The zero-order chi connectivity index (χ0) is 26.0. The zero-order valence-electron chi connectivity index (χ0n) is 21.4. The summed E-state index contributed by atoms with van der Waals surface area (Å²) in [4.78, 5) is 18.9. The molecule has 37 heavy (non-hydrogen) atoms. The summed E-state index contributed by atoms with van der Waals surface area (Å²) in [6.07, 6.45) is 3.18. The van der Waals surface area contributed by atoms with Gasteiger partial charge < -0.3 is 14.0 Å². The summed E-state index contributed by atoms with van der Waals surface area (Å²) in [5, 5.41) is 12.7. The first-order valence-corrected chi connectivity index (χ1v) is 12.3. The molecule has 5 rings (SSSR count). The van der Waals surface area contributed by atoms with E-state index in [1.807, 2.05) is 75.5 Å². The van der Waals surface area contributed by atoms with E-state index in [2.05, 4.69) is 20.5 Å². The SMILES string of the molecule is COc1ccc(-c2cn(Cc3ccc(-c4noc([C@@H]5CCCN5C(=O)OC(C)(C)C)n4)cc3)nn2)cc1. The zero-order valence-corrected chi connectivity index (χ0v) is 21.4. The molecule has 0 saturated carbocycles. The molecule has 0 aliphatic carbocycles. The number of amides is 1. The van der Waals surface area contributed by atoms with Crippen LogP contribution in [0.2, 0.25) is 0 Å². The Balaban J connectivity index is 1.24. The molecule has 10 nitrogen and oxygen atoms in total. The first kappa shape index (κ1) is 24.5. The summed E-state index contributed by atoms with van der Waals surface area (Å²) in [5.41, 5.74) is 3.10. The fourth-order valence-corrected chi connectivity index (χ4v) is 4.27. The van der Waals surface area contributed by atoms with Gasteiger partial charge in [-0.2, -0.15) is 4.98 Å². The highest BCUT2D eigenvalue weighted by molar-refractivity contribution is 5.69. The van der Waals surface area contributed by atoms with Crippen molar-refractivity contribution < 1.29 is 18.8 Å². The molecule has 0 spiro atoms. The average molecular weight is 503 g/mol. The van der Waals surface area contributed by atoms with Gasteiger partial charge in [0.1, 0.15) is 23.1 Å². The van der Waals surface area contributed by atoms with E-state index in [4.69, 9.17) is 14.0 Å². The maximum absolute atomic E-state index is 12.6. The van der Waals surface area contributed by atoms with Crippen molar-refractivity contribution in [3.8, 4) is 28.4 Å². The van der Waals surface area contributed by atoms with Crippen LogP contribution < -0.4 is 4.74 Å². The van der Waals surface area contributed by atoms with Gasteiger partial charge in [0.05, 0.1) is 19.9 Å². The van der Waals surface area contributed by atoms with Gasteiger partial charge in [-0.1, -0.05) is 34.6 Å². The van der Waals surface area contributed by atoms with E-state index in [0.29, 0.717) is 24.8 Å². The lowest BCUT2D eigenvalue weighted by Gasteiger charge is -2.26. The van der Waals surface area contributed by atoms with Gasteiger partial charge in [0.15, 0.2) is 0 Å². The highest BCUT2D eigenvalue weighted by Gasteiger charge is 2.36. The normalized spacial score (nSPS) is 15.7. The van der Waals surface area contributed by atoms with Crippen LogP contribution in [0.3, 0.4) is 0 Å². The van der Waals surface area contributed by atoms with Crippen LogP contribution >= 0.6 is 0 Å². The van der Waals surface area contributed by atoms with Crippen molar-refractivity contribution in [1.82, 2.24) is 30.0 Å². The summed E-state index contributed by atoms with van der Waals surface area (Å²) < 4.78 is 18.1. The Morgan fingerprint density at radius 3 is 2.51 bits per heavy atom. The third-order valence-electron chi connectivity index (χ3n) is 6.09. The number of ether oxygens (including phenoxy) is 2. The number of methoxy groups -OCH3 is 1. The highest BCUT2D eigenvalue weighted by Crippen LogP contribution is 2.33. The van der Waals surface area contributed by atoms with Crippen molar-refractivity contribution in [3.05, 3.63) is 66.2 Å². The van der Waals surface area contributed by atoms with Gasteiger partial charge in [0.25, 0.3) is 0 Å². The molecule has 0 N–H and O–H groups in total. The molecule has 2 aromatic carbocycles. The second-order valence-electron chi connectivity index (χ2n) is 10.0. The van der Waals surface area contributed by atoms with Gasteiger partial charge in [0.2, 0.25) is 11.7 Å². The molecule has 4 aromatic rings. The van der Waals surface area contributed by atoms with Crippen LogP contribution in [-0.2, 0) is 11.3 Å². The predicted molar refractivity (Wildman–Crippen MR) is 136 cm³/mol. The maximum Gasteiger partial charge on any atom is 0.410 e. The Morgan fingerprint density at radius 2 is 1.81 bits per heavy atom. The molecule has 1 atom stereocenters. The lowest BCUT2D eigenvalue weighted by Crippen LogP contribution is -2.36. The number of nitrogens with zero attached hydrogens (tertiary/aromatic N) is 6. The second kappa shape index (κ2) is 10.0. The van der Waals surface area contributed by atoms with Crippen molar-refractivity contribution in [1.29, 1.82) is 0 Å². The van der Waals surface area contributed by atoms with Crippen LogP contribution in [0, 0.1) is 0 Å². The fraction of sp³-hybridized carbons (Fsp3) is 0.370. The van der Waals surface area contributed by atoms with Gasteiger partial charge in [-0.05, 0) is 63.4 Å². The fourth-order valence-electron chi connectivity index (χ4n) is 4.27. The van der Waals surface area contributed by atoms with Gasteiger partial charge in [-0.15, -0.1) is 5.10 Å². The van der Waals surface area contributed by atoms with Gasteiger partial charge in [0, 0.05) is 17.7 Å². The molecule has 10 heteroatoms.